The van der Waals surface area contributed by atoms with Gasteiger partial charge in [-0.15, -0.1) is 18.4 Å². The number of benzene rings is 5. The molecule has 8 aromatic rings. The monoisotopic (exact) mass is 1140 g/mol. The number of carboxylic acids is 1. The van der Waals surface area contributed by atoms with E-state index in [1.165, 1.54) is 44.5 Å². The zero-order chi connectivity index (χ0) is 51.1. The molecule has 358 valence electrons. The van der Waals surface area contributed by atoms with E-state index >= 15 is 0 Å². The number of rotatable bonds is 9. The van der Waals surface area contributed by atoms with Crippen LogP contribution in [0.3, 0.4) is 0 Å². The number of aliphatic carboxylic acids is 1. The standard InChI is InChI=1S/C21H18N2O2.C13H12N2.C11H11BrN2.C8H8Br2.C5H10Si/c1-16-12-18(8-9-20(16)14-23-11-10-22-15-23)5-2-17-3-6-19(7-4-17)13-21(24)25;1-3-12-4-5-13(11(2)8-12)9-15-7-6-14-10-15;1-9-6-11(12)3-2-10(9)7-14-5-4-13-8-14;1-6-4-8(10)3-2-7(6)5-9;1-5-6(2,3)4/h3-4,6-12,15H,13-14H2,1H3,(H,24,25);1,4-8,10H,9H2,2H3;2-6,8H,7H2,1H3;2-4H,5H2,1H3;1H,2-4H3. The van der Waals surface area contributed by atoms with Gasteiger partial charge in [0.05, 0.1) is 25.4 Å². The fraction of sp³-hybridized carbons (Fsp3) is 0.207. The summed E-state index contributed by atoms with van der Waals surface area (Å²) in [5.41, 5.74) is 16.5. The third-order valence-corrected chi connectivity index (χ3v) is 12.9. The minimum atomic E-state index is -1.10. The maximum Gasteiger partial charge on any atom is 0.307 e. The Labute approximate surface area is 441 Å². The third-order valence-electron chi connectivity index (χ3n) is 10.4. The van der Waals surface area contributed by atoms with E-state index in [1.54, 1.807) is 37.1 Å². The lowest BCUT2D eigenvalue weighted by atomic mass is 10.0. The van der Waals surface area contributed by atoms with E-state index in [2.05, 4.69) is 193 Å². The molecule has 0 aliphatic heterocycles. The molecule has 0 radical (unpaired) electrons. The van der Waals surface area contributed by atoms with Crippen LogP contribution in [0.15, 0.2) is 162 Å². The van der Waals surface area contributed by atoms with Crippen LogP contribution in [0.2, 0.25) is 19.6 Å². The van der Waals surface area contributed by atoms with Gasteiger partial charge in [0.2, 0.25) is 0 Å². The zero-order valence-corrected chi connectivity index (χ0v) is 46.6. The quantitative estimate of drug-likeness (QED) is 0.0883. The van der Waals surface area contributed by atoms with Gasteiger partial charge in [0, 0.05) is 87.8 Å². The molecule has 0 spiro atoms. The molecule has 0 saturated carbocycles. The first-order chi connectivity index (χ1) is 33.4. The second kappa shape index (κ2) is 28.9. The van der Waals surface area contributed by atoms with Gasteiger partial charge < -0.3 is 18.8 Å². The molecule has 0 aliphatic rings. The van der Waals surface area contributed by atoms with Gasteiger partial charge in [-0.2, -0.15) is 0 Å². The Kier molecular flexibility index (Phi) is 23.2. The Hall–Kier alpha value is -6.46. The highest BCUT2D eigenvalue weighted by atomic mass is 79.9. The van der Waals surface area contributed by atoms with E-state index < -0.39 is 14.0 Å². The molecular weight excluding hydrogens is 1080 g/mol. The molecule has 8 rings (SSSR count). The number of terminal acetylenes is 2. The topological polar surface area (TPSA) is 90.8 Å². The van der Waals surface area contributed by atoms with Crippen LogP contribution in [0, 0.1) is 63.8 Å². The summed E-state index contributed by atoms with van der Waals surface area (Å²) in [6.45, 7) is 17.4. The minimum absolute atomic E-state index is 0.0330. The van der Waals surface area contributed by atoms with Crippen molar-refractivity contribution in [3.05, 3.63) is 229 Å². The summed E-state index contributed by atoms with van der Waals surface area (Å²) in [7, 11) is -1.10. The van der Waals surface area contributed by atoms with Gasteiger partial charge >= 0.3 is 5.97 Å². The van der Waals surface area contributed by atoms with Gasteiger partial charge in [-0.05, 0) is 138 Å². The summed E-state index contributed by atoms with van der Waals surface area (Å²) in [6.07, 6.45) is 27.2. The van der Waals surface area contributed by atoms with E-state index in [1.807, 2.05) is 70.7 Å². The first-order valence-corrected chi connectivity index (χ1v) is 28.5. The van der Waals surface area contributed by atoms with Gasteiger partial charge in [-0.25, -0.2) is 15.0 Å². The van der Waals surface area contributed by atoms with Crippen molar-refractivity contribution >= 4 is 61.8 Å². The summed E-state index contributed by atoms with van der Waals surface area (Å²) < 4.78 is 8.42. The molecule has 70 heavy (non-hydrogen) atoms. The predicted molar refractivity (Wildman–Crippen MR) is 301 cm³/mol. The highest BCUT2D eigenvalue weighted by molar-refractivity contribution is 9.10. The Bertz CT molecular complexity index is 3030. The highest BCUT2D eigenvalue weighted by Crippen LogP contribution is 2.19. The van der Waals surface area contributed by atoms with Gasteiger partial charge in [-0.1, -0.05) is 122 Å². The van der Waals surface area contributed by atoms with Gasteiger partial charge in [0.25, 0.3) is 0 Å². The number of carboxylic acid groups (broad SMARTS) is 1. The minimum Gasteiger partial charge on any atom is -0.481 e. The number of imidazole rings is 3. The van der Waals surface area contributed by atoms with Crippen LogP contribution in [0.1, 0.15) is 66.8 Å². The summed E-state index contributed by atoms with van der Waals surface area (Å²) in [5, 5.41) is 9.72. The van der Waals surface area contributed by atoms with Crippen molar-refractivity contribution in [2.45, 2.75) is 78.7 Å². The largest absolute Gasteiger partial charge is 0.481 e. The molecule has 3 aromatic heterocycles. The summed E-state index contributed by atoms with van der Waals surface area (Å²) in [4.78, 5) is 22.8. The second-order valence-corrected chi connectivity index (χ2v) is 24.5. The van der Waals surface area contributed by atoms with E-state index in [0.29, 0.717) is 0 Å². The Morgan fingerprint density at radius 2 is 0.943 bits per heavy atom. The van der Waals surface area contributed by atoms with Crippen LogP contribution < -0.4 is 0 Å². The molecule has 0 amide bonds. The average molecular weight is 1140 g/mol. The maximum atomic E-state index is 10.7. The normalized spacial score (nSPS) is 10.1. The number of nitrogens with zero attached hydrogens (tertiary/aromatic N) is 6. The number of alkyl halides is 1. The van der Waals surface area contributed by atoms with Crippen molar-refractivity contribution in [3.63, 3.8) is 0 Å². The lowest BCUT2D eigenvalue weighted by Gasteiger charge is -2.07. The Morgan fingerprint density at radius 1 is 0.571 bits per heavy atom. The molecule has 3 heterocycles. The second-order valence-electron chi connectivity index (χ2n) is 17.3. The van der Waals surface area contributed by atoms with Gasteiger partial charge in [0.1, 0.15) is 8.07 Å². The third kappa shape index (κ3) is 20.6. The molecule has 0 saturated heterocycles. The van der Waals surface area contributed by atoms with Crippen LogP contribution in [0.25, 0.3) is 0 Å². The fourth-order valence-electron chi connectivity index (χ4n) is 6.32. The summed E-state index contributed by atoms with van der Waals surface area (Å²) >= 11 is 10.3. The van der Waals surface area contributed by atoms with Crippen LogP contribution in [0.5, 0.6) is 0 Å². The zero-order valence-electron chi connectivity index (χ0n) is 40.8. The molecule has 0 unspecified atom stereocenters. The van der Waals surface area contributed by atoms with E-state index in [-0.39, 0.29) is 6.42 Å². The Balaban J connectivity index is 0.000000205. The number of halogens is 3. The highest BCUT2D eigenvalue weighted by Gasteiger charge is 2.06. The van der Waals surface area contributed by atoms with Crippen molar-refractivity contribution in [1.82, 2.24) is 28.7 Å². The van der Waals surface area contributed by atoms with Crippen LogP contribution in [-0.2, 0) is 36.2 Å². The van der Waals surface area contributed by atoms with Crippen molar-refractivity contribution in [1.29, 1.82) is 0 Å². The summed E-state index contributed by atoms with van der Waals surface area (Å²) in [5.74, 6) is 8.09. The van der Waals surface area contributed by atoms with E-state index in [4.69, 9.17) is 18.0 Å². The van der Waals surface area contributed by atoms with Crippen molar-refractivity contribution in [3.8, 4) is 36.2 Å². The predicted octanol–water partition coefficient (Wildman–Crippen LogP) is 13.6. The average Bonchev–Trinajstić information content (AvgIpc) is 4.16. The maximum absolute atomic E-state index is 10.7. The number of aryl methyl sites for hydroxylation is 4. The van der Waals surface area contributed by atoms with Crippen LogP contribution in [0.4, 0.5) is 0 Å². The van der Waals surface area contributed by atoms with Gasteiger partial charge in [-0.3, -0.25) is 4.79 Å². The van der Waals surface area contributed by atoms with Crippen LogP contribution in [-0.4, -0.2) is 47.8 Å². The number of aromatic nitrogens is 6. The lowest BCUT2D eigenvalue weighted by Crippen LogP contribution is -2.15. The fourth-order valence-corrected chi connectivity index (χ4v) is 7.90. The summed E-state index contributed by atoms with van der Waals surface area (Å²) in [6, 6.07) is 32.2. The van der Waals surface area contributed by atoms with E-state index in [9.17, 15) is 4.79 Å². The van der Waals surface area contributed by atoms with Gasteiger partial charge in [0.15, 0.2) is 0 Å². The molecule has 0 aliphatic carbocycles. The first-order valence-electron chi connectivity index (χ1n) is 22.3. The number of hydrogen-bond acceptors (Lipinski definition) is 4. The molecule has 1 N–H and O–H groups in total. The van der Waals surface area contributed by atoms with E-state index in [0.717, 1.165) is 56.2 Å². The molecule has 0 atom stereocenters. The van der Waals surface area contributed by atoms with Crippen molar-refractivity contribution < 1.29 is 9.90 Å². The Morgan fingerprint density at radius 3 is 1.30 bits per heavy atom. The number of carbonyl (C=O) groups is 1. The molecule has 12 heteroatoms. The van der Waals surface area contributed by atoms with Crippen molar-refractivity contribution in [2.24, 2.45) is 0 Å². The molecular formula is C58H59Br3N6O2Si. The van der Waals surface area contributed by atoms with Crippen molar-refractivity contribution in [2.75, 3.05) is 0 Å². The molecule has 0 bridgehead atoms. The lowest BCUT2D eigenvalue weighted by molar-refractivity contribution is -0.136. The molecule has 8 nitrogen and oxygen atoms in total. The molecule has 5 aromatic carbocycles. The SMILES string of the molecule is C#C[Si](C)(C)C.C#Cc1ccc(Cn2ccnc2)c(C)c1.Cc1cc(Br)ccc1CBr.Cc1cc(Br)ccc1Cn1ccnc1.Cc1cc(C#Cc2ccc(CC(=O)O)cc2)ccc1Cn1ccnc1. The van der Waals surface area contributed by atoms with Crippen LogP contribution >= 0.6 is 47.8 Å². The molecule has 0 fully saturated rings. The number of hydrogen-bond donors (Lipinski definition) is 1. The smallest absolute Gasteiger partial charge is 0.307 e. The first kappa shape index (κ1) is 56.1.